The number of rotatable bonds is 3. The standard InChI is InChI=1S/C12H16N4O2/c13-9-10-1-2-11(14-10)12(18)16-5-3-15(4-6-16)7-8-17/h1-2,14,17H,3-8H2. The summed E-state index contributed by atoms with van der Waals surface area (Å²) in [6.07, 6.45) is 0. The van der Waals surface area contributed by atoms with Crippen molar-refractivity contribution >= 4 is 5.91 Å². The van der Waals surface area contributed by atoms with Crippen LogP contribution in [0.25, 0.3) is 0 Å². The van der Waals surface area contributed by atoms with Crippen molar-refractivity contribution in [1.82, 2.24) is 14.8 Å². The highest BCUT2D eigenvalue weighted by Crippen LogP contribution is 2.08. The van der Waals surface area contributed by atoms with Crippen molar-refractivity contribution in [2.45, 2.75) is 0 Å². The number of hydrogen-bond acceptors (Lipinski definition) is 4. The van der Waals surface area contributed by atoms with E-state index < -0.39 is 0 Å². The van der Waals surface area contributed by atoms with Crippen LogP contribution in [0.4, 0.5) is 0 Å². The van der Waals surface area contributed by atoms with Crippen LogP contribution in [0.15, 0.2) is 12.1 Å². The lowest BCUT2D eigenvalue weighted by molar-refractivity contribution is 0.0610. The molecule has 1 amide bonds. The number of nitrogens with zero attached hydrogens (tertiary/aromatic N) is 3. The van der Waals surface area contributed by atoms with Crippen molar-refractivity contribution in [2.75, 3.05) is 39.3 Å². The van der Waals surface area contributed by atoms with E-state index in [-0.39, 0.29) is 12.5 Å². The van der Waals surface area contributed by atoms with Crippen molar-refractivity contribution < 1.29 is 9.90 Å². The van der Waals surface area contributed by atoms with Crippen LogP contribution < -0.4 is 0 Å². The van der Waals surface area contributed by atoms with Gasteiger partial charge in [0.25, 0.3) is 5.91 Å². The Balaban J connectivity index is 1.93. The zero-order valence-electron chi connectivity index (χ0n) is 10.1. The molecule has 6 nitrogen and oxygen atoms in total. The number of nitrogens with one attached hydrogen (secondary N) is 1. The first-order chi connectivity index (χ1) is 8.74. The molecule has 0 bridgehead atoms. The smallest absolute Gasteiger partial charge is 0.270 e. The number of nitriles is 1. The van der Waals surface area contributed by atoms with E-state index in [2.05, 4.69) is 9.88 Å². The number of piperazine rings is 1. The molecular formula is C12H16N4O2. The lowest BCUT2D eigenvalue weighted by Crippen LogP contribution is -2.49. The largest absolute Gasteiger partial charge is 0.395 e. The van der Waals surface area contributed by atoms with Gasteiger partial charge in [0.2, 0.25) is 0 Å². The first kappa shape index (κ1) is 12.6. The molecule has 1 aromatic rings. The number of aliphatic hydroxyl groups is 1. The fraction of sp³-hybridized carbons (Fsp3) is 0.500. The second-order valence-corrected chi connectivity index (χ2v) is 4.25. The van der Waals surface area contributed by atoms with Crippen LogP contribution >= 0.6 is 0 Å². The molecule has 1 fully saturated rings. The van der Waals surface area contributed by atoms with Crippen LogP contribution in [0.2, 0.25) is 0 Å². The maximum absolute atomic E-state index is 12.1. The summed E-state index contributed by atoms with van der Waals surface area (Å²) in [4.78, 5) is 18.8. The minimum Gasteiger partial charge on any atom is -0.395 e. The Morgan fingerprint density at radius 1 is 1.39 bits per heavy atom. The molecule has 2 rings (SSSR count). The summed E-state index contributed by atoms with van der Waals surface area (Å²) < 4.78 is 0. The molecule has 1 aromatic heterocycles. The van der Waals surface area contributed by atoms with Crippen molar-refractivity contribution in [3.8, 4) is 6.07 Å². The molecule has 2 N–H and O–H groups in total. The maximum atomic E-state index is 12.1. The lowest BCUT2D eigenvalue weighted by atomic mass is 10.3. The molecule has 0 atom stereocenters. The third kappa shape index (κ3) is 2.70. The van der Waals surface area contributed by atoms with Gasteiger partial charge in [-0.1, -0.05) is 0 Å². The fourth-order valence-corrected chi connectivity index (χ4v) is 2.07. The van der Waals surface area contributed by atoms with Crippen LogP contribution in [0.1, 0.15) is 16.2 Å². The second-order valence-electron chi connectivity index (χ2n) is 4.25. The lowest BCUT2D eigenvalue weighted by Gasteiger charge is -2.34. The van der Waals surface area contributed by atoms with Gasteiger partial charge in [-0.25, -0.2) is 0 Å². The molecule has 0 spiro atoms. The zero-order chi connectivity index (χ0) is 13.0. The van der Waals surface area contributed by atoms with Crippen LogP contribution in [0.3, 0.4) is 0 Å². The Bertz CT molecular complexity index is 455. The Morgan fingerprint density at radius 3 is 2.67 bits per heavy atom. The van der Waals surface area contributed by atoms with E-state index in [0.717, 1.165) is 13.1 Å². The highest BCUT2D eigenvalue weighted by atomic mass is 16.3. The molecule has 18 heavy (non-hydrogen) atoms. The van der Waals surface area contributed by atoms with Gasteiger partial charge in [0.15, 0.2) is 0 Å². The van der Waals surface area contributed by atoms with Gasteiger partial charge in [0.05, 0.1) is 6.61 Å². The molecule has 6 heteroatoms. The first-order valence-electron chi connectivity index (χ1n) is 5.96. The van der Waals surface area contributed by atoms with E-state index >= 15 is 0 Å². The average molecular weight is 248 g/mol. The van der Waals surface area contributed by atoms with Gasteiger partial charge in [-0.3, -0.25) is 9.69 Å². The van der Waals surface area contributed by atoms with Gasteiger partial charge in [-0.15, -0.1) is 0 Å². The number of H-pyrrole nitrogens is 1. The number of β-amino-alcohol motifs (C(OH)–C–C–N with tert-alkyl or cyclic N) is 1. The highest BCUT2D eigenvalue weighted by molar-refractivity contribution is 5.92. The van der Waals surface area contributed by atoms with E-state index in [1.807, 2.05) is 6.07 Å². The van der Waals surface area contributed by atoms with E-state index in [9.17, 15) is 4.79 Å². The predicted molar refractivity (Wildman–Crippen MR) is 64.9 cm³/mol. The van der Waals surface area contributed by atoms with Crippen molar-refractivity contribution in [3.63, 3.8) is 0 Å². The predicted octanol–water partition coefficient (Wildman–Crippen LogP) is -0.364. The zero-order valence-corrected chi connectivity index (χ0v) is 10.1. The number of carbonyl (C=O) groups is 1. The Hall–Kier alpha value is -1.84. The van der Waals surface area contributed by atoms with E-state index in [0.29, 0.717) is 31.0 Å². The summed E-state index contributed by atoms with van der Waals surface area (Å²) in [5.74, 6) is -0.0693. The number of carbonyl (C=O) groups excluding carboxylic acids is 1. The number of hydrogen-bond donors (Lipinski definition) is 2. The Kier molecular flexibility index (Phi) is 3.97. The summed E-state index contributed by atoms with van der Waals surface area (Å²) in [6, 6.07) is 5.21. The number of aliphatic hydroxyl groups excluding tert-OH is 1. The molecule has 1 aliphatic rings. The third-order valence-corrected chi connectivity index (χ3v) is 3.11. The quantitative estimate of drug-likeness (QED) is 0.765. The summed E-state index contributed by atoms with van der Waals surface area (Å²) in [7, 11) is 0. The summed E-state index contributed by atoms with van der Waals surface area (Å²) in [5, 5.41) is 17.5. The molecule has 0 radical (unpaired) electrons. The Labute approximate surface area is 105 Å². The van der Waals surface area contributed by atoms with Gasteiger partial charge in [-0.05, 0) is 12.1 Å². The van der Waals surface area contributed by atoms with Gasteiger partial charge in [-0.2, -0.15) is 5.26 Å². The van der Waals surface area contributed by atoms with E-state index in [4.69, 9.17) is 10.4 Å². The molecule has 0 saturated carbocycles. The molecule has 1 aliphatic heterocycles. The summed E-state index contributed by atoms with van der Waals surface area (Å²) in [6.45, 7) is 3.66. The second kappa shape index (κ2) is 5.67. The number of aromatic amines is 1. The Morgan fingerprint density at radius 2 is 2.11 bits per heavy atom. The van der Waals surface area contributed by atoms with Crippen molar-refractivity contribution in [1.29, 1.82) is 5.26 Å². The molecule has 0 aromatic carbocycles. The van der Waals surface area contributed by atoms with Gasteiger partial charge < -0.3 is 15.0 Å². The van der Waals surface area contributed by atoms with Crippen molar-refractivity contribution in [3.05, 3.63) is 23.5 Å². The van der Waals surface area contributed by atoms with E-state index in [1.54, 1.807) is 17.0 Å². The molecule has 0 unspecified atom stereocenters. The molecule has 96 valence electrons. The van der Waals surface area contributed by atoms with Gasteiger partial charge in [0, 0.05) is 32.7 Å². The minimum atomic E-state index is -0.0693. The summed E-state index contributed by atoms with van der Waals surface area (Å²) in [5.41, 5.74) is 0.861. The molecule has 1 saturated heterocycles. The average Bonchev–Trinajstić information content (AvgIpc) is 2.88. The number of aromatic nitrogens is 1. The molecule has 0 aliphatic carbocycles. The van der Waals surface area contributed by atoms with Crippen LogP contribution in [-0.2, 0) is 0 Å². The first-order valence-corrected chi connectivity index (χ1v) is 5.96. The monoisotopic (exact) mass is 248 g/mol. The normalized spacial score (nSPS) is 16.6. The van der Waals surface area contributed by atoms with Crippen molar-refractivity contribution in [2.24, 2.45) is 0 Å². The maximum Gasteiger partial charge on any atom is 0.270 e. The van der Waals surface area contributed by atoms with Gasteiger partial charge >= 0.3 is 0 Å². The van der Waals surface area contributed by atoms with Crippen LogP contribution in [0.5, 0.6) is 0 Å². The highest BCUT2D eigenvalue weighted by Gasteiger charge is 2.22. The fourth-order valence-electron chi connectivity index (χ4n) is 2.07. The SMILES string of the molecule is N#Cc1ccc(C(=O)N2CCN(CCO)CC2)[nH]1. The number of amides is 1. The minimum absolute atomic E-state index is 0.0693. The summed E-state index contributed by atoms with van der Waals surface area (Å²) >= 11 is 0. The van der Waals surface area contributed by atoms with E-state index in [1.165, 1.54) is 0 Å². The van der Waals surface area contributed by atoms with Gasteiger partial charge in [0.1, 0.15) is 17.5 Å². The topological polar surface area (TPSA) is 83.4 Å². The molecular weight excluding hydrogens is 232 g/mol. The molecule has 2 heterocycles. The van der Waals surface area contributed by atoms with Crippen LogP contribution in [-0.4, -0.2) is 65.1 Å². The third-order valence-electron chi connectivity index (χ3n) is 3.11. The van der Waals surface area contributed by atoms with Crippen LogP contribution in [0, 0.1) is 11.3 Å².